The van der Waals surface area contributed by atoms with E-state index in [1.165, 1.54) is 0 Å². The number of allylic oxidation sites excluding steroid dienone is 3. The van der Waals surface area contributed by atoms with Crippen LogP contribution in [0.2, 0.25) is 0 Å². The number of carboxylic acids is 1. The highest BCUT2D eigenvalue weighted by Crippen LogP contribution is 2.32. The summed E-state index contributed by atoms with van der Waals surface area (Å²) < 4.78 is 16.7. The SMILES string of the molecule is C=C(/C=C\C1=C(C)Oc2ccc(OC)cc2C(N2CCN(CC(C)C(=O)O)CC2)=N1)OC. The Kier molecular flexibility index (Phi) is 7.58. The predicted molar refractivity (Wildman–Crippen MR) is 123 cm³/mol. The number of benzene rings is 1. The number of aliphatic imine (C=N–C) groups is 1. The van der Waals surface area contributed by atoms with Crippen molar-refractivity contribution in [2.45, 2.75) is 13.8 Å². The molecule has 1 aromatic carbocycles. The van der Waals surface area contributed by atoms with Gasteiger partial charge in [-0.3, -0.25) is 9.69 Å². The van der Waals surface area contributed by atoms with E-state index < -0.39 is 11.9 Å². The maximum absolute atomic E-state index is 11.2. The number of fused-ring (bicyclic) bond motifs is 1. The largest absolute Gasteiger partial charge is 0.497 e. The molecule has 1 aromatic rings. The number of ether oxygens (including phenoxy) is 3. The second-order valence-corrected chi connectivity index (χ2v) is 7.87. The van der Waals surface area contributed by atoms with Crippen LogP contribution < -0.4 is 9.47 Å². The lowest BCUT2D eigenvalue weighted by molar-refractivity contribution is -0.141. The van der Waals surface area contributed by atoms with E-state index in [1.807, 2.05) is 31.2 Å². The van der Waals surface area contributed by atoms with E-state index in [4.69, 9.17) is 19.2 Å². The number of aliphatic carboxylic acids is 1. The van der Waals surface area contributed by atoms with Crippen molar-refractivity contribution in [1.82, 2.24) is 9.80 Å². The Hall–Kier alpha value is -3.26. The van der Waals surface area contributed by atoms with Gasteiger partial charge in [0.25, 0.3) is 0 Å². The van der Waals surface area contributed by atoms with Crippen LogP contribution in [0, 0.1) is 5.92 Å². The average Bonchev–Trinajstić information content (AvgIpc) is 2.93. The Balaban J connectivity index is 1.91. The standard InChI is InChI=1S/C24H31N3O5/c1-16(24(28)29)15-26-10-12-27(13-11-26)23-20-14-19(31-5)7-9-22(20)32-18(3)21(25-23)8-6-17(2)30-4/h6-9,14,16H,2,10-13,15H2,1,3-5H3,(H,28,29)/b8-6-. The fourth-order valence-corrected chi connectivity index (χ4v) is 3.61. The highest BCUT2D eigenvalue weighted by molar-refractivity contribution is 6.02. The summed E-state index contributed by atoms with van der Waals surface area (Å²) in [6.45, 7) is 10.9. The zero-order valence-corrected chi connectivity index (χ0v) is 19.1. The zero-order chi connectivity index (χ0) is 23.3. The first-order valence-electron chi connectivity index (χ1n) is 10.6. The summed E-state index contributed by atoms with van der Waals surface area (Å²) in [6, 6.07) is 5.68. The van der Waals surface area contributed by atoms with E-state index >= 15 is 0 Å². The maximum atomic E-state index is 11.2. The molecule has 0 saturated carbocycles. The summed E-state index contributed by atoms with van der Waals surface area (Å²) in [7, 11) is 3.20. The van der Waals surface area contributed by atoms with Crippen LogP contribution in [0.1, 0.15) is 19.4 Å². The summed E-state index contributed by atoms with van der Waals surface area (Å²) in [5.74, 6) is 2.24. The van der Waals surface area contributed by atoms with Gasteiger partial charge in [-0.25, -0.2) is 4.99 Å². The molecule has 172 valence electrons. The molecule has 0 radical (unpaired) electrons. The summed E-state index contributed by atoms with van der Waals surface area (Å²) in [6.07, 6.45) is 3.58. The van der Waals surface area contributed by atoms with E-state index in [1.54, 1.807) is 27.2 Å². The van der Waals surface area contributed by atoms with Crippen LogP contribution in [0.3, 0.4) is 0 Å². The number of methoxy groups -OCH3 is 2. The molecule has 8 nitrogen and oxygen atoms in total. The molecule has 2 aliphatic heterocycles. The van der Waals surface area contributed by atoms with Crippen LogP contribution in [0.25, 0.3) is 0 Å². The number of carbonyl (C=O) groups is 1. The first kappa shape index (κ1) is 23.4. The van der Waals surface area contributed by atoms with Crippen molar-refractivity contribution < 1.29 is 24.1 Å². The van der Waals surface area contributed by atoms with E-state index in [0.29, 0.717) is 29.5 Å². The van der Waals surface area contributed by atoms with Gasteiger partial charge in [-0.05, 0) is 37.3 Å². The van der Waals surface area contributed by atoms with Gasteiger partial charge in [0, 0.05) is 32.7 Å². The molecule has 32 heavy (non-hydrogen) atoms. The van der Waals surface area contributed by atoms with Crippen LogP contribution in [0.5, 0.6) is 11.5 Å². The van der Waals surface area contributed by atoms with Gasteiger partial charge in [-0.15, -0.1) is 0 Å². The van der Waals surface area contributed by atoms with E-state index in [2.05, 4.69) is 16.4 Å². The minimum atomic E-state index is -0.770. The second kappa shape index (κ2) is 10.4. The topological polar surface area (TPSA) is 83.8 Å². The lowest BCUT2D eigenvalue weighted by atomic mass is 10.1. The minimum absolute atomic E-state index is 0.397. The zero-order valence-electron chi connectivity index (χ0n) is 19.1. The third-order valence-electron chi connectivity index (χ3n) is 5.59. The Morgan fingerprint density at radius 1 is 1.31 bits per heavy atom. The molecule has 1 unspecified atom stereocenters. The second-order valence-electron chi connectivity index (χ2n) is 7.87. The Bertz CT molecular complexity index is 958. The number of hydrogen-bond acceptors (Lipinski definition) is 7. The lowest BCUT2D eigenvalue weighted by Gasteiger charge is -2.37. The van der Waals surface area contributed by atoms with Gasteiger partial charge in [0.1, 0.15) is 34.6 Å². The van der Waals surface area contributed by atoms with Gasteiger partial charge in [0.2, 0.25) is 0 Å². The number of rotatable bonds is 7. The van der Waals surface area contributed by atoms with Gasteiger partial charge >= 0.3 is 5.97 Å². The fraction of sp³-hybridized carbons (Fsp3) is 0.417. The van der Waals surface area contributed by atoms with Crippen molar-refractivity contribution in [3.63, 3.8) is 0 Å². The summed E-state index contributed by atoms with van der Waals surface area (Å²) in [4.78, 5) is 20.6. The Morgan fingerprint density at radius 3 is 2.66 bits per heavy atom. The molecule has 0 spiro atoms. The molecule has 1 fully saturated rings. The van der Waals surface area contributed by atoms with Crippen molar-refractivity contribution in [1.29, 1.82) is 0 Å². The fourth-order valence-electron chi connectivity index (χ4n) is 3.61. The van der Waals surface area contributed by atoms with Gasteiger partial charge in [-0.1, -0.05) is 13.5 Å². The molecule has 1 saturated heterocycles. The normalized spacial score (nSPS) is 17.9. The average molecular weight is 442 g/mol. The molecule has 1 atom stereocenters. The van der Waals surface area contributed by atoms with Gasteiger partial charge in [-0.2, -0.15) is 0 Å². The molecular formula is C24H31N3O5. The molecule has 0 amide bonds. The van der Waals surface area contributed by atoms with E-state index in [0.717, 1.165) is 43.3 Å². The summed E-state index contributed by atoms with van der Waals surface area (Å²) >= 11 is 0. The van der Waals surface area contributed by atoms with Crippen LogP contribution >= 0.6 is 0 Å². The van der Waals surface area contributed by atoms with Crippen LogP contribution in [-0.4, -0.2) is 73.7 Å². The number of nitrogens with zero attached hydrogens (tertiary/aromatic N) is 3. The number of hydrogen-bond donors (Lipinski definition) is 1. The van der Waals surface area contributed by atoms with Gasteiger partial charge in [0.05, 0.1) is 25.7 Å². The molecule has 8 heteroatoms. The van der Waals surface area contributed by atoms with Gasteiger partial charge in [0.15, 0.2) is 0 Å². The Labute approximate surface area is 189 Å². The number of piperazine rings is 1. The first-order valence-corrected chi connectivity index (χ1v) is 10.6. The maximum Gasteiger partial charge on any atom is 0.307 e. The molecule has 0 aliphatic carbocycles. The molecule has 2 aliphatic rings. The smallest absolute Gasteiger partial charge is 0.307 e. The highest BCUT2D eigenvalue weighted by Gasteiger charge is 2.27. The summed E-state index contributed by atoms with van der Waals surface area (Å²) in [5, 5.41) is 9.21. The van der Waals surface area contributed by atoms with Crippen molar-refractivity contribution in [3.05, 3.63) is 59.7 Å². The van der Waals surface area contributed by atoms with Crippen LogP contribution in [-0.2, 0) is 9.53 Å². The third-order valence-corrected chi connectivity index (χ3v) is 5.59. The van der Waals surface area contributed by atoms with Crippen molar-refractivity contribution in [2.75, 3.05) is 46.9 Å². The Morgan fingerprint density at radius 2 is 2.03 bits per heavy atom. The van der Waals surface area contributed by atoms with Crippen molar-refractivity contribution in [3.8, 4) is 11.5 Å². The quantitative estimate of drug-likeness (QED) is 0.514. The number of carboxylic acid groups (broad SMARTS) is 1. The third kappa shape index (κ3) is 5.50. The van der Waals surface area contributed by atoms with Crippen LogP contribution in [0.4, 0.5) is 0 Å². The van der Waals surface area contributed by atoms with E-state index in [-0.39, 0.29) is 0 Å². The molecule has 0 aromatic heterocycles. The lowest BCUT2D eigenvalue weighted by Crippen LogP contribution is -2.50. The minimum Gasteiger partial charge on any atom is -0.497 e. The molecular weight excluding hydrogens is 410 g/mol. The molecule has 3 rings (SSSR count). The molecule has 0 bridgehead atoms. The van der Waals surface area contributed by atoms with Crippen LogP contribution in [0.15, 0.2) is 59.1 Å². The first-order chi connectivity index (χ1) is 15.3. The van der Waals surface area contributed by atoms with Crippen molar-refractivity contribution >= 4 is 11.8 Å². The van der Waals surface area contributed by atoms with E-state index in [9.17, 15) is 9.90 Å². The predicted octanol–water partition coefficient (Wildman–Crippen LogP) is 3.12. The molecule has 2 heterocycles. The monoisotopic (exact) mass is 441 g/mol. The highest BCUT2D eigenvalue weighted by atomic mass is 16.5. The van der Waals surface area contributed by atoms with Gasteiger partial charge < -0.3 is 24.2 Å². The summed E-state index contributed by atoms with van der Waals surface area (Å²) in [5.41, 5.74) is 1.53. The molecule has 1 N–H and O–H groups in total. The number of amidine groups is 1. The van der Waals surface area contributed by atoms with Crippen molar-refractivity contribution in [2.24, 2.45) is 10.9 Å².